The standard InChI is InChI=1S/C11H15NO3/c1-2-3-4-10(13)12-7-5-9(6-8-12)11(14)15/h1,9H,3-8H2,(H,14,15). The van der Waals surface area contributed by atoms with Gasteiger partial charge >= 0.3 is 5.97 Å². The van der Waals surface area contributed by atoms with Crippen LogP contribution >= 0.6 is 0 Å². The molecule has 4 nitrogen and oxygen atoms in total. The van der Waals surface area contributed by atoms with Crippen LogP contribution in [0.1, 0.15) is 25.7 Å². The van der Waals surface area contributed by atoms with Gasteiger partial charge in [-0.1, -0.05) is 0 Å². The summed E-state index contributed by atoms with van der Waals surface area (Å²) in [4.78, 5) is 23.9. The van der Waals surface area contributed by atoms with E-state index in [1.165, 1.54) is 0 Å². The van der Waals surface area contributed by atoms with Crippen molar-refractivity contribution in [1.29, 1.82) is 0 Å². The van der Waals surface area contributed by atoms with Crippen LogP contribution in [0.4, 0.5) is 0 Å². The van der Waals surface area contributed by atoms with Gasteiger partial charge in [-0.25, -0.2) is 0 Å². The first kappa shape index (κ1) is 11.6. The van der Waals surface area contributed by atoms with E-state index in [9.17, 15) is 9.59 Å². The molecule has 1 heterocycles. The Morgan fingerprint density at radius 1 is 1.40 bits per heavy atom. The highest BCUT2D eigenvalue weighted by Gasteiger charge is 2.26. The van der Waals surface area contributed by atoms with Crippen LogP contribution in [0.5, 0.6) is 0 Å². The Morgan fingerprint density at radius 2 is 2.00 bits per heavy atom. The molecule has 0 radical (unpaired) electrons. The third-order valence-electron chi connectivity index (χ3n) is 2.68. The number of amides is 1. The first-order valence-electron chi connectivity index (χ1n) is 5.09. The van der Waals surface area contributed by atoms with Gasteiger partial charge in [0.15, 0.2) is 0 Å². The number of piperidine rings is 1. The lowest BCUT2D eigenvalue weighted by molar-refractivity contribution is -0.145. The first-order valence-corrected chi connectivity index (χ1v) is 5.09. The number of nitrogens with zero attached hydrogens (tertiary/aromatic N) is 1. The van der Waals surface area contributed by atoms with Crippen molar-refractivity contribution in [3.05, 3.63) is 0 Å². The number of terminal acetylenes is 1. The van der Waals surface area contributed by atoms with Gasteiger partial charge in [0.2, 0.25) is 5.91 Å². The number of aliphatic carboxylic acids is 1. The molecule has 0 spiro atoms. The third kappa shape index (κ3) is 3.28. The van der Waals surface area contributed by atoms with E-state index in [0.717, 1.165) is 0 Å². The molecule has 15 heavy (non-hydrogen) atoms. The van der Waals surface area contributed by atoms with Crippen molar-refractivity contribution in [2.75, 3.05) is 13.1 Å². The fourth-order valence-corrected chi connectivity index (χ4v) is 1.71. The number of hydrogen-bond donors (Lipinski definition) is 1. The molecule has 0 bridgehead atoms. The minimum absolute atomic E-state index is 0.0387. The highest BCUT2D eigenvalue weighted by Crippen LogP contribution is 2.17. The third-order valence-corrected chi connectivity index (χ3v) is 2.68. The summed E-state index contributed by atoms with van der Waals surface area (Å²) >= 11 is 0. The molecule has 0 aromatic heterocycles. The van der Waals surface area contributed by atoms with Crippen LogP contribution in [0.3, 0.4) is 0 Å². The lowest BCUT2D eigenvalue weighted by Crippen LogP contribution is -2.40. The molecule has 1 rings (SSSR count). The quantitative estimate of drug-likeness (QED) is 0.697. The molecule has 0 atom stereocenters. The lowest BCUT2D eigenvalue weighted by Gasteiger charge is -2.30. The second-order valence-corrected chi connectivity index (χ2v) is 3.70. The molecule has 4 heteroatoms. The van der Waals surface area contributed by atoms with Crippen molar-refractivity contribution in [2.24, 2.45) is 5.92 Å². The largest absolute Gasteiger partial charge is 0.481 e. The Morgan fingerprint density at radius 3 is 2.47 bits per heavy atom. The van der Waals surface area contributed by atoms with Crippen LogP contribution in [-0.2, 0) is 9.59 Å². The van der Waals surface area contributed by atoms with Gasteiger partial charge in [0.1, 0.15) is 0 Å². The van der Waals surface area contributed by atoms with E-state index in [1.54, 1.807) is 4.90 Å². The molecule has 0 aliphatic carbocycles. The molecule has 1 aliphatic heterocycles. The number of likely N-dealkylation sites (tertiary alicyclic amines) is 1. The molecule has 1 saturated heterocycles. The Bertz CT molecular complexity index is 285. The highest BCUT2D eigenvalue weighted by molar-refractivity contribution is 5.77. The number of carboxylic acids is 1. The van der Waals surface area contributed by atoms with Crippen molar-refractivity contribution in [3.63, 3.8) is 0 Å². The number of hydrogen-bond acceptors (Lipinski definition) is 2. The predicted molar refractivity (Wildman–Crippen MR) is 55.0 cm³/mol. The molecule has 0 saturated carbocycles. The zero-order chi connectivity index (χ0) is 11.3. The molecule has 1 aliphatic rings. The first-order chi connectivity index (χ1) is 7.15. The van der Waals surface area contributed by atoms with Crippen LogP contribution in [0.15, 0.2) is 0 Å². The summed E-state index contributed by atoms with van der Waals surface area (Å²) in [6, 6.07) is 0. The Hall–Kier alpha value is -1.50. The lowest BCUT2D eigenvalue weighted by atomic mass is 9.97. The smallest absolute Gasteiger partial charge is 0.306 e. The minimum Gasteiger partial charge on any atom is -0.481 e. The van der Waals surface area contributed by atoms with E-state index in [-0.39, 0.29) is 11.8 Å². The second kappa shape index (κ2) is 5.40. The van der Waals surface area contributed by atoms with Crippen LogP contribution in [0.25, 0.3) is 0 Å². The summed E-state index contributed by atoms with van der Waals surface area (Å²) in [5.41, 5.74) is 0. The SMILES string of the molecule is C#CCCC(=O)N1CCC(C(=O)O)CC1. The fourth-order valence-electron chi connectivity index (χ4n) is 1.71. The van der Waals surface area contributed by atoms with E-state index in [4.69, 9.17) is 11.5 Å². The van der Waals surface area contributed by atoms with Gasteiger partial charge in [0.05, 0.1) is 5.92 Å². The summed E-state index contributed by atoms with van der Waals surface area (Å²) < 4.78 is 0. The monoisotopic (exact) mass is 209 g/mol. The maximum Gasteiger partial charge on any atom is 0.306 e. The molecular formula is C11H15NO3. The van der Waals surface area contributed by atoms with Crippen molar-refractivity contribution in [3.8, 4) is 12.3 Å². The molecule has 1 fully saturated rings. The topological polar surface area (TPSA) is 57.6 Å². The Kier molecular flexibility index (Phi) is 4.17. The molecule has 82 valence electrons. The molecular weight excluding hydrogens is 194 g/mol. The van der Waals surface area contributed by atoms with Crippen LogP contribution in [0, 0.1) is 18.3 Å². The van der Waals surface area contributed by atoms with Crippen molar-refractivity contribution >= 4 is 11.9 Å². The van der Waals surface area contributed by atoms with E-state index < -0.39 is 5.97 Å². The number of rotatable bonds is 3. The van der Waals surface area contributed by atoms with Crippen molar-refractivity contribution in [1.82, 2.24) is 4.90 Å². The average molecular weight is 209 g/mol. The van der Waals surface area contributed by atoms with Gasteiger partial charge in [0.25, 0.3) is 0 Å². The normalized spacial score (nSPS) is 17.1. The van der Waals surface area contributed by atoms with Crippen molar-refractivity contribution < 1.29 is 14.7 Å². The number of carbonyl (C=O) groups is 2. The van der Waals surface area contributed by atoms with Gasteiger partial charge < -0.3 is 10.0 Å². The minimum atomic E-state index is -0.759. The molecule has 0 unspecified atom stereocenters. The molecule has 0 aromatic carbocycles. The van der Waals surface area contributed by atoms with Crippen molar-refractivity contribution in [2.45, 2.75) is 25.7 Å². The van der Waals surface area contributed by atoms with E-state index in [0.29, 0.717) is 38.8 Å². The van der Waals surface area contributed by atoms with Gasteiger partial charge in [-0.2, -0.15) is 0 Å². The van der Waals surface area contributed by atoms with Crippen LogP contribution in [0.2, 0.25) is 0 Å². The summed E-state index contributed by atoms with van der Waals surface area (Å²) in [6.07, 6.45) is 7.00. The maximum absolute atomic E-state index is 11.5. The maximum atomic E-state index is 11.5. The average Bonchev–Trinajstić information content (AvgIpc) is 2.26. The van der Waals surface area contributed by atoms with E-state index >= 15 is 0 Å². The van der Waals surface area contributed by atoms with Crippen LogP contribution < -0.4 is 0 Å². The zero-order valence-corrected chi connectivity index (χ0v) is 8.61. The second-order valence-electron chi connectivity index (χ2n) is 3.70. The summed E-state index contributed by atoms with van der Waals surface area (Å²) in [5.74, 6) is 1.41. The van der Waals surface area contributed by atoms with Gasteiger partial charge in [-0.15, -0.1) is 12.3 Å². The highest BCUT2D eigenvalue weighted by atomic mass is 16.4. The predicted octanol–water partition coefficient (Wildman–Crippen LogP) is 0.723. The number of carbonyl (C=O) groups excluding carboxylic acids is 1. The van der Waals surface area contributed by atoms with E-state index in [2.05, 4.69) is 5.92 Å². The molecule has 1 amide bonds. The summed E-state index contributed by atoms with van der Waals surface area (Å²) in [5, 5.41) is 8.77. The Balaban J connectivity index is 2.34. The zero-order valence-electron chi connectivity index (χ0n) is 8.61. The summed E-state index contributed by atoms with van der Waals surface area (Å²) in [6.45, 7) is 1.08. The fraction of sp³-hybridized carbons (Fsp3) is 0.636. The van der Waals surface area contributed by atoms with Crippen LogP contribution in [-0.4, -0.2) is 35.0 Å². The van der Waals surface area contributed by atoms with Gasteiger partial charge in [-0.3, -0.25) is 9.59 Å². The number of carboxylic acid groups (broad SMARTS) is 1. The molecule has 1 N–H and O–H groups in total. The van der Waals surface area contributed by atoms with Gasteiger partial charge in [-0.05, 0) is 12.8 Å². The van der Waals surface area contributed by atoms with E-state index in [1.807, 2.05) is 0 Å². The Labute approximate surface area is 89.3 Å². The summed E-state index contributed by atoms with van der Waals surface area (Å²) in [7, 11) is 0. The van der Waals surface area contributed by atoms with Gasteiger partial charge in [0, 0.05) is 25.9 Å². The molecule has 0 aromatic rings.